The van der Waals surface area contributed by atoms with E-state index in [1.165, 1.54) is 18.3 Å². The number of rotatable bonds is 3. The van der Waals surface area contributed by atoms with Crippen molar-refractivity contribution >= 4 is 28.9 Å². The molecule has 0 spiro atoms. The first-order valence-corrected chi connectivity index (χ1v) is 7.04. The number of carbonyl (C=O) groups excluding carboxylic acids is 1. The molecule has 2 rings (SSSR count). The van der Waals surface area contributed by atoms with Gasteiger partial charge in [-0.05, 0) is 26.0 Å². The van der Waals surface area contributed by atoms with E-state index in [-0.39, 0.29) is 0 Å². The molecule has 0 radical (unpaired) electrons. The van der Waals surface area contributed by atoms with Gasteiger partial charge >= 0.3 is 5.97 Å². The highest BCUT2D eigenvalue weighted by Gasteiger charge is 2.19. The minimum Gasteiger partial charge on any atom is -0.443 e. The highest BCUT2D eigenvalue weighted by molar-refractivity contribution is 7.17. The second-order valence-corrected chi connectivity index (χ2v) is 5.56. The van der Waals surface area contributed by atoms with Crippen LogP contribution >= 0.6 is 22.9 Å². The Morgan fingerprint density at radius 2 is 2.30 bits per heavy atom. The zero-order valence-electron chi connectivity index (χ0n) is 10.9. The van der Waals surface area contributed by atoms with Crippen molar-refractivity contribution < 1.29 is 9.53 Å². The smallest absolute Gasteiger partial charge is 0.351 e. The van der Waals surface area contributed by atoms with E-state index in [9.17, 15) is 4.79 Å². The molecular formula is C14H11ClN2O2S. The van der Waals surface area contributed by atoms with E-state index in [0.29, 0.717) is 20.6 Å². The van der Waals surface area contributed by atoms with E-state index in [1.54, 1.807) is 19.1 Å². The maximum atomic E-state index is 11.9. The summed E-state index contributed by atoms with van der Waals surface area (Å²) in [5.74, 6) is -0.526. The van der Waals surface area contributed by atoms with Crippen LogP contribution in [0.4, 0.5) is 0 Å². The Kier molecular flexibility index (Phi) is 4.38. The van der Waals surface area contributed by atoms with Gasteiger partial charge in [0.05, 0.1) is 5.69 Å². The number of hydrogen-bond donors (Lipinski definition) is 0. The van der Waals surface area contributed by atoms with Crippen LogP contribution in [0.5, 0.6) is 0 Å². The monoisotopic (exact) mass is 306 g/mol. The molecular weight excluding hydrogens is 296 g/mol. The zero-order valence-corrected chi connectivity index (χ0v) is 12.5. The first-order valence-electron chi connectivity index (χ1n) is 5.85. The molecule has 6 heteroatoms. The topological polar surface area (TPSA) is 63.0 Å². The number of nitriles is 1. The van der Waals surface area contributed by atoms with Crippen molar-refractivity contribution in [2.45, 2.75) is 20.0 Å². The van der Waals surface area contributed by atoms with Crippen molar-refractivity contribution in [3.05, 3.63) is 39.9 Å². The second-order valence-electron chi connectivity index (χ2n) is 4.12. The minimum atomic E-state index is -0.779. The highest BCUT2D eigenvalue weighted by Crippen LogP contribution is 2.30. The minimum absolute atomic E-state index is 0.405. The SMILES string of the molecule is Cc1nc(-c2cccc(Cl)c2)sc1C(=O)O[C@@H](C)C#N. The van der Waals surface area contributed by atoms with Gasteiger partial charge in [0, 0.05) is 10.6 Å². The number of halogens is 1. The molecule has 0 fully saturated rings. The third-order valence-electron chi connectivity index (χ3n) is 2.52. The van der Waals surface area contributed by atoms with Crippen molar-refractivity contribution in [3.8, 4) is 16.6 Å². The molecule has 0 amide bonds. The van der Waals surface area contributed by atoms with Crippen LogP contribution in [-0.4, -0.2) is 17.1 Å². The average molecular weight is 307 g/mol. The number of ether oxygens (including phenoxy) is 1. The first-order chi connectivity index (χ1) is 9.51. The Hall–Kier alpha value is -1.90. The van der Waals surface area contributed by atoms with Gasteiger partial charge in [0.2, 0.25) is 0 Å². The van der Waals surface area contributed by atoms with Gasteiger partial charge in [0.25, 0.3) is 0 Å². The van der Waals surface area contributed by atoms with Crippen molar-refractivity contribution in [1.82, 2.24) is 4.98 Å². The molecule has 0 bridgehead atoms. The van der Waals surface area contributed by atoms with Crippen LogP contribution < -0.4 is 0 Å². The Morgan fingerprint density at radius 1 is 1.55 bits per heavy atom. The van der Waals surface area contributed by atoms with Crippen LogP contribution in [0.15, 0.2) is 24.3 Å². The molecule has 1 heterocycles. The molecule has 0 saturated carbocycles. The Labute approximate surface area is 125 Å². The lowest BCUT2D eigenvalue weighted by atomic mass is 10.2. The molecule has 4 nitrogen and oxygen atoms in total. The van der Waals surface area contributed by atoms with Gasteiger partial charge in [-0.25, -0.2) is 9.78 Å². The molecule has 2 aromatic rings. The van der Waals surface area contributed by atoms with Crippen molar-refractivity contribution in [2.24, 2.45) is 0 Å². The maximum absolute atomic E-state index is 11.9. The number of esters is 1. The standard InChI is InChI=1S/C14H11ClN2O2S/c1-8(7-16)19-14(18)12-9(2)17-13(20-12)10-4-3-5-11(15)6-10/h3-6,8H,1-2H3/t8-/m0/s1. The summed E-state index contributed by atoms with van der Waals surface area (Å²) in [5, 5.41) is 9.96. The Balaban J connectivity index is 2.31. The summed E-state index contributed by atoms with van der Waals surface area (Å²) in [5.41, 5.74) is 1.43. The highest BCUT2D eigenvalue weighted by atomic mass is 35.5. The number of aryl methyl sites for hydroxylation is 1. The lowest BCUT2D eigenvalue weighted by Crippen LogP contribution is -2.12. The predicted octanol–water partition coefficient (Wildman–Crippen LogP) is 3.84. The van der Waals surface area contributed by atoms with Crippen molar-refractivity contribution in [2.75, 3.05) is 0 Å². The molecule has 1 aromatic heterocycles. The van der Waals surface area contributed by atoms with Crippen LogP contribution in [0.3, 0.4) is 0 Å². The van der Waals surface area contributed by atoms with E-state index in [1.807, 2.05) is 18.2 Å². The van der Waals surface area contributed by atoms with Gasteiger partial charge in [0.15, 0.2) is 6.10 Å². The fraction of sp³-hybridized carbons (Fsp3) is 0.214. The molecule has 1 aromatic carbocycles. The molecule has 0 aliphatic carbocycles. The summed E-state index contributed by atoms with van der Waals surface area (Å²) in [6, 6.07) is 9.11. The lowest BCUT2D eigenvalue weighted by molar-refractivity contribution is 0.0440. The first kappa shape index (κ1) is 14.5. The van der Waals surface area contributed by atoms with Gasteiger partial charge in [-0.2, -0.15) is 5.26 Å². The Morgan fingerprint density at radius 3 is 2.95 bits per heavy atom. The van der Waals surface area contributed by atoms with E-state index >= 15 is 0 Å². The molecule has 0 unspecified atom stereocenters. The largest absolute Gasteiger partial charge is 0.443 e. The quantitative estimate of drug-likeness (QED) is 0.808. The summed E-state index contributed by atoms with van der Waals surface area (Å²) in [4.78, 5) is 16.7. The van der Waals surface area contributed by atoms with Crippen LogP contribution in [0.1, 0.15) is 22.3 Å². The van der Waals surface area contributed by atoms with Crippen LogP contribution in [0, 0.1) is 18.3 Å². The van der Waals surface area contributed by atoms with Crippen LogP contribution in [0.2, 0.25) is 5.02 Å². The lowest BCUT2D eigenvalue weighted by Gasteiger charge is -2.03. The van der Waals surface area contributed by atoms with Gasteiger partial charge in [0.1, 0.15) is 16.0 Å². The molecule has 1 atom stereocenters. The molecule has 0 saturated heterocycles. The number of thiazole rings is 1. The molecule has 0 aliphatic rings. The summed E-state index contributed by atoms with van der Waals surface area (Å²) in [7, 11) is 0. The summed E-state index contributed by atoms with van der Waals surface area (Å²) < 4.78 is 4.98. The summed E-state index contributed by atoms with van der Waals surface area (Å²) in [6.45, 7) is 3.25. The fourth-order valence-corrected chi connectivity index (χ4v) is 2.71. The van der Waals surface area contributed by atoms with Crippen molar-refractivity contribution in [1.29, 1.82) is 5.26 Å². The van der Waals surface area contributed by atoms with E-state index in [4.69, 9.17) is 21.6 Å². The van der Waals surface area contributed by atoms with E-state index < -0.39 is 12.1 Å². The van der Waals surface area contributed by atoms with Crippen LogP contribution in [0.25, 0.3) is 10.6 Å². The third kappa shape index (κ3) is 3.16. The number of benzene rings is 1. The fourth-order valence-electron chi connectivity index (χ4n) is 1.57. The zero-order chi connectivity index (χ0) is 14.7. The van der Waals surface area contributed by atoms with Gasteiger partial charge in [-0.1, -0.05) is 23.7 Å². The van der Waals surface area contributed by atoms with E-state index in [2.05, 4.69) is 4.98 Å². The van der Waals surface area contributed by atoms with Crippen LogP contribution in [-0.2, 0) is 4.74 Å². The molecule has 102 valence electrons. The van der Waals surface area contributed by atoms with E-state index in [0.717, 1.165) is 5.56 Å². The molecule has 0 N–H and O–H groups in total. The summed E-state index contributed by atoms with van der Waals surface area (Å²) >= 11 is 7.17. The van der Waals surface area contributed by atoms with Gasteiger partial charge in [-0.3, -0.25) is 0 Å². The maximum Gasteiger partial charge on any atom is 0.351 e. The number of aromatic nitrogens is 1. The second kappa shape index (κ2) is 6.04. The summed E-state index contributed by atoms with van der Waals surface area (Å²) in [6.07, 6.45) is -0.779. The predicted molar refractivity (Wildman–Crippen MR) is 77.8 cm³/mol. The Bertz CT molecular complexity index is 691. The third-order valence-corrected chi connectivity index (χ3v) is 3.94. The number of nitrogens with zero attached hydrogens (tertiary/aromatic N) is 2. The van der Waals surface area contributed by atoms with Gasteiger partial charge < -0.3 is 4.74 Å². The molecule has 20 heavy (non-hydrogen) atoms. The normalized spacial score (nSPS) is 11.7. The van der Waals surface area contributed by atoms with Crippen molar-refractivity contribution in [3.63, 3.8) is 0 Å². The molecule has 0 aliphatic heterocycles. The van der Waals surface area contributed by atoms with Gasteiger partial charge in [-0.15, -0.1) is 11.3 Å². The average Bonchev–Trinajstić information content (AvgIpc) is 2.80. The number of hydrogen-bond acceptors (Lipinski definition) is 5. The number of carbonyl (C=O) groups is 1.